The van der Waals surface area contributed by atoms with E-state index in [2.05, 4.69) is 44.1 Å². The molecule has 1 heterocycles. The van der Waals surface area contributed by atoms with Crippen molar-refractivity contribution in [2.75, 3.05) is 0 Å². The number of aryl methyl sites for hydroxylation is 1. The SMILES string of the molecule is Cc1ncc2cc(Br)c3ccccc3c2n1. The number of hydrogen-bond donors (Lipinski definition) is 0. The summed E-state index contributed by atoms with van der Waals surface area (Å²) in [5.41, 5.74) is 1.02. The normalized spacial score (nSPS) is 11.1. The van der Waals surface area contributed by atoms with Crippen LogP contribution in [0.2, 0.25) is 0 Å². The third-order valence-electron chi connectivity index (χ3n) is 2.66. The predicted molar refractivity (Wildman–Crippen MR) is 69.5 cm³/mol. The van der Waals surface area contributed by atoms with Crippen LogP contribution in [0.5, 0.6) is 0 Å². The highest BCUT2D eigenvalue weighted by Gasteiger charge is 2.05. The molecule has 0 unspecified atom stereocenters. The standard InChI is InChI=1S/C13H9BrN2/c1-8-15-7-9-6-12(14)10-4-2-3-5-11(10)13(9)16-8/h2-7H,1H3. The monoisotopic (exact) mass is 272 g/mol. The molecule has 0 saturated carbocycles. The van der Waals surface area contributed by atoms with Crippen LogP contribution in [0.25, 0.3) is 21.7 Å². The molecule has 0 fully saturated rings. The Morgan fingerprint density at radius 2 is 1.88 bits per heavy atom. The van der Waals surface area contributed by atoms with E-state index < -0.39 is 0 Å². The van der Waals surface area contributed by atoms with Crippen LogP contribution >= 0.6 is 15.9 Å². The fourth-order valence-electron chi connectivity index (χ4n) is 1.91. The first-order chi connectivity index (χ1) is 7.75. The Hall–Kier alpha value is -1.48. The van der Waals surface area contributed by atoms with Crippen LogP contribution in [0.4, 0.5) is 0 Å². The molecule has 78 valence electrons. The molecular formula is C13H9BrN2. The molecule has 0 saturated heterocycles. The molecule has 0 bridgehead atoms. The molecule has 3 heteroatoms. The molecular weight excluding hydrogens is 264 g/mol. The summed E-state index contributed by atoms with van der Waals surface area (Å²) in [5.74, 6) is 0.806. The van der Waals surface area contributed by atoms with Gasteiger partial charge in [-0.1, -0.05) is 40.2 Å². The van der Waals surface area contributed by atoms with Gasteiger partial charge in [0.1, 0.15) is 5.82 Å². The second-order valence-corrected chi connectivity index (χ2v) is 4.61. The van der Waals surface area contributed by atoms with E-state index in [0.29, 0.717) is 0 Å². The Bertz CT molecular complexity index is 692. The lowest BCUT2D eigenvalue weighted by Gasteiger charge is -2.05. The van der Waals surface area contributed by atoms with E-state index in [-0.39, 0.29) is 0 Å². The second-order valence-electron chi connectivity index (χ2n) is 3.76. The minimum absolute atomic E-state index is 0.806. The summed E-state index contributed by atoms with van der Waals surface area (Å²) in [4.78, 5) is 8.74. The fraction of sp³-hybridized carbons (Fsp3) is 0.0769. The largest absolute Gasteiger partial charge is 0.241 e. The molecule has 0 spiro atoms. The maximum absolute atomic E-state index is 4.51. The van der Waals surface area contributed by atoms with E-state index >= 15 is 0 Å². The molecule has 2 aromatic carbocycles. The Morgan fingerprint density at radius 1 is 1.12 bits per heavy atom. The first kappa shape index (κ1) is 9.73. The fourth-order valence-corrected chi connectivity index (χ4v) is 2.51. The molecule has 0 aliphatic rings. The van der Waals surface area contributed by atoms with Gasteiger partial charge in [-0.2, -0.15) is 0 Å². The maximum Gasteiger partial charge on any atom is 0.125 e. The Kier molecular flexibility index (Phi) is 2.14. The third kappa shape index (κ3) is 1.39. The van der Waals surface area contributed by atoms with Crippen molar-refractivity contribution < 1.29 is 0 Å². The second kappa shape index (κ2) is 3.52. The Morgan fingerprint density at radius 3 is 2.69 bits per heavy atom. The van der Waals surface area contributed by atoms with Crippen molar-refractivity contribution in [1.82, 2.24) is 9.97 Å². The summed E-state index contributed by atoms with van der Waals surface area (Å²) in [6.45, 7) is 1.91. The Balaban J connectivity index is 2.61. The average molecular weight is 273 g/mol. The summed E-state index contributed by atoms with van der Waals surface area (Å²) >= 11 is 3.58. The van der Waals surface area contributed by atoms with Gasteiger partial charge in [0.2, 0.25) is 0 Å². The van der Waals surface area contributed by atoms with E-state index in [0.717, 1.165) is 26.6 Å². The molecule has 3 aromatic rings. The van der Waals surface area contributed by atoms with Gasteiger partial charge in [0.25, 0.3) is 0 Å². The number of halogens is 1. The zero-order valence-electron chi connectivity index (χ0n) is 8.74. The number of fused-ring (bicyclic) bond motifs is 3. The van der Waals surface area contributed by atoms with Gasteiger partial charge in [-0.05, 0) is 18.4 Å². The minimum Gasteiger partial charge on any atom is -0.241 e. The van der Waals surface area contributed by atoms with Gasteiger partial charge in [-0.25, -0.2) is 9.97 Å². The third-order valence-corrected chi connectivity index (χ3v) is 3.32. The number of nitrogens with zero attached hydrogens (tertiary/aromatic N) is 2. The lowest BCUT2D eigenvalue weighted by molar-refractivity contribution is 1.09. The van der Waals surface area contributed by atoms with E-state index in [1.807, 2.05) is 25.3 Å². The molecule has 0 N–H and O–H groups in total. The van der Waals surface area contributed by atoms with Gasteiger partial charge in [0.15, 0.2) is 0 Å². The smallest absolute Gasteiger partial charge is 0.125 e. The van der Waals surface area contributed by atoms with Crippen molar-refractivity contribution in [3.8, 4) is 0 Å². The van der Waals surface area contributed by atoms with E-state index in [1.54, 1.807) is 0 Å². The van der Waals surface area contributed by atoms with E-state index in [9.17, 15) is 0 Å². The van der Waals surface area contributed by atoms with Gasteiger partial charge >= 0.3 is 0 Å². The van der Waals surface area contributed by atoms with Crippen molar-refractivity contribution in [2.24, 2.45) is 0 Å². The van der Waals surface area contributed by atoms with Crippen molar-refractivity contribution in [3.05, 3.63) is 46.8 Å². The zero-order valence-corrected chi connectivity index (χ0v) is 10.3. The van der Waals surface area contributed by atoms with Crippen molar-refractivity contribution in [2.45, 2.75) is 6.92 Å². The van der Waals surface area contributed by atoms with Crippen LogP contribution in [0.3, 0.4) is 0 Å². The lowest BCUT2D eigenvalue weighted by atomic mass is 10.1. The molecule has 0 radical (unpaired) electrons. The summed E-state index contributed by atoms with van der Waals surface area (Å²) in [5, 5.41) is 3.42. The number of rotatable bonds is 0. The summed E-state index contributed by atoms with van der Waals surface area (Å²) in [6, 6.07) is 10.3. The molecule has 0 amide bonds. The lowest BCUT2D eigenvalue weighted by Crippen LogP contribution is -1.89. The van der Waals surface area contributed by atoms with Gasteiger partial charge in [-0.3, -0.25) is 0 Å². The maximum atomic E-state index is 4.51. The molecule has 2 nitrogen and oxygen atoms in total. The van der Waals surface area contributed by atoms with E-state index in [1.165, 1.54) is 5.39 Å². The first-order valence-corrected chi connectivity index (χ1v) is 5.85. The summed E-state index contributed by atoms with van der Waals surface area (Å²) < 4.78 is 1.09. The van der Waals surface area contributed by atoms with Gasteiger partial charge in [-0.15, -0.1) is 0 Å². The first-order valence-electron chi connectivity index (χ1n) is 5.06. The number of benzene rings is 2. The van der Waals surface area contributed by atoms with Crippen LogP contribution in [0, 0.1) is 6.92 Å². The van der Waals surface area contributed by atoms with Crippen LogP contribution in [0.15, 0.2) is 41.0 Å². The van der Waals surface area contributed by atoms with E-state index in [4.69, 9.17) is 0 Å². The number of hydrogen-bond acceptors (Lipinski definition) is 2. The summed E-state index contributed by atoms with van der Waals surface area (Å²) in [7, 11) is 0. The summed E-state index contributed by atoms with van der Waals surface area (Å²) in [6.07, 6.45) is 1.87. The highest BCUT2D eigenvalue weighted by Crippen LogP contribution is 2.30. The quantitative estimate of drug-likeness (QED) is 0.581. The van der Waals surface area contributed by atoms with Gasteiger partial charge in [0, 0.05) is 21.4 Å². The van der Waals surface area contributed by atoms with Gasteiger partial charge in [0.05, 0.1) is 5.52 Å². The average Bonchev–Trinajstić information content (AvgIpc) is 2.31. The van der Waals surface area contributed by atoms with Crippen LogP contribution in [0.1, 0.15) is 5.82 Å². The van der Waals surface area contributed by atoms with Crippen LogP contribution in [-0.4, -0.2) is 9.97 Å². The predicted octanol–water partition coefficient (Wildman–Crippen LogP) is 3.85. The molecule has 0 atom stereocenters. The van der Waals surface area contributed by atoms with Crippen LogP contribution in [-0.2, 0) is 0 Å². The molecule has 1 aromatic heterocycles. The van der Waals surface area contributed by atoms with Crippen LogP contribution < -0.4 is 0 Å². The Labute approximate surface area is 101 Å². The van der Waals surface area contributed by atoms with Gasteiger partial charge < -0.3 is 0 Å². The highest BCUT2D eigenvalue weighted by molar-refractivity contribution is 9.10. The number of aromatic nitrogens is 2. The van der Waals surface area contributed by atoms with Crippen molar-refractivity contribution in [3.63, 3.8) is 0 Å². The molecule has 3 rings (SSSR count). The van der Waals surface area contributed by atoms with Crippen molar-refractivity contribution in [1.29, 1.82) is 0 Å². The molecule has 0 aliphatic carbocycles. The minimum atomic E-state index is 0.806. The van der Waals surface area contributed by atoms with Crippen molar-refractivity contribution >= 4 is 37.6 Å². The zero-order chi connectivity index (χ0) is 11.1. The molecule has 0 aliphatic heterocycles. The topological polar surface area (TPSA) is 25.8 Å². The molecule has 16 heavy (non-hydrogen) atoms. The highest BCUT2D eigenvalue weighted by atomic mass is 79.9.